The van der Waals surface area contributed by atoms with Crippen molar-refractivity contribution >= 4 is 23.1 Å². The zero-order valence-corrected chi connectivity index (χ0v) is 17.4. The second-order valence-corrected chi connectivity index (χ2v) is 7.41. The van der Waals surface area contributed by atoms with Crippen molar-refractivity contribution in [1.29, 1.82) is 0 Å². The SMILES string of the molecule is CCCNc1ccc(C(=O)Nc2ccc(-c3ccccc3O)c3c2C(=O)CC3)cc1.O. The average molecular weight is 418 g/mol. The fraction of sp³-hybridized carbons (Fsp3) is 0.200. The van der Waals surface area contributed by atoms with Crippen molar-refractivity contribution in [3.63, 3.8) is 0 Å². The van der Waals surface area contributed by atoms with Gasteiger partial charge in [0, 0.05) is 35.3 Å². The van der Waals surface area contributed by atoms with Crippen LogP contribution in [0.15, 0.2) is 60.7 Å². The minimum atomic E-state index is -0.255. The number of amides is 1. The van der Waals surface area contributed by atoms with Gasteiger partial charge < -0.3 is 21.2 Å². The Morgan fingerprint density at radius 3 is 2.42 bits per heavy atom. The topological polar surface area (TPSA) is 110 Å². The molecule has 0 bridgehead atoms. The van der Waals surface area contributed by atoms with Crippen molar-refractivity contribution in [1.82, 2.24) is 0 Å². The van der Waals surface area contributed by atoms with Crippen molar-refractivity contribution in [2.45, 2.75) is 26.2 Å². The maximum Gasteiger partial charge on any atom is 0.255 e. The van der Waals surface area contributed by atoms with E-state index in [0.29, 0.717) is 35.2 Å². The molecular weight excluding hydrogens is 392 g/mol. The van der Waals surface area contributed by atoms with E-state index in [2.05, 4.69) is 17.6 Å². The van der Waals surface area contributed by atoms with E-state index in [9.17, 15) is 14.7 Å². The monoisotopic (exact) mass is 418 g/mol. The number of hydrogen-bond donors (Lipinski definition) is 3. The highest BCUT2D eigenvalue weighted by atomic mass is 16.3. The van der Waals surface area contributed by atoms with Gasteiger partial charge in [0.15, 0.2) is 5.78 Å². The minimum Gasteiger partial charge on any atom is -0.507 e. The van der Waals surface area contributed by atoms with Gasteiger partial charge in [0.25, 0.3) is 5.91 Å². The number of ketones is 1. The zero-order valence-electron chi connectivity index (χ0n) is 17.4. The third kappa shape index (κ3) is 4.44. The summed E-state index contributed by atoms with van der Waals surface area (Å²) in [4.78, 5) is 25.4. The molecule has 4 rings (SSSR count). The summed E-state index contributed by atoms with van der Waals surface area (Å²) in [6.45, 7) is 2.97. The van der Waals surface area contributed by atoms with Crippen LogP contribution < -0.4 is 10.6 Å². The number of carbonyl (C=O) groups is 2. The van der Waals surface area contributed by atoms with E-state index >= 15 is 0 Å². The third-order valence-corrected chi connectivity index (χ3v) is 5.36. The van der Waals surface area contributed by atoms with E-state index in [1.807, 2.05) is 30.3 Å². The Balaban J connectivity index is 0.00000272. The Bertz CT molecular complexity index is 1110. The lowest BCUT2D eigenvalue weighted by molar-refractivity contribution is 0.0995. The number of hydrogen-bond acceptors (Lipinski definition) is 4. The van der Waals surface area contributed by atoms with Gasteiger partial charge in [0.05, 0.1) is 5.69 Å². The highest BCUT2D eigenvalue weighted by Crippen LogP contribution is 2.39. The zero-order chi connectivity index (χ0) is 21.1. The van der Waals surface area contributed by atoms with Crippen LogP contribution in [-0.2, 0) is 6.42 Å². The predicted molar refractivity (Wildman–Crippen MR) is 123 cm³/mol. The van der Waals surface area contributed by atoms with Crippen molar-refractivity contribution in [2.75, 3.05) is 17.2 Å². The van der Waals surface area contributed by atoms with E-state index in [1.54, 1.807) is 30.3 Å². The van der Waals surface area contributed by atoms with Crippen LogP contribution in [0, 0.1) is 0 Å². The molecule has 31 heavy (non-hydrogen) atoms. The summed E-state index contributed by atoms with van der Waals surface area (Å²) < 4.78 is 0. The van der Waals surface area contributed by atoms with Gasteiger partial charge >= 0.3 is 0 Å². The number of phenolic OH excluding ortho intramolecular Hbond substituents is 1. The van der Waals surface area contributed by atoms with Crippen LogP contribution >= 0.6 is 0 Å². The molecule has 1 amide bonds. The molecule has 0 saturated carbocycles. The highest BCUT2D eigenvalue weighted by Gasteiger charge is 2.27. The van der Waals surface area contributed by atoms with Gasteiger partial charge in [-0.15, -0.1) is 0 Å². The van der Waals surface area contributed by atoms with Crippen LogP contribution in [-0.4, -0.2) is 28.8 Å². The first kappa shape index (κ1) is 22.1. The average Bonchev–Trinajstić information content (AvgIpc) is 3.15. The summed E-state index contributed by atoms with van der Waals surface area (Å²) in [7, 11) is 0. The van der Waals surface area contributed by atoms with Crippen LogP contribution in [0.25, 0.3) is 11.1 Å². The minimum absolute atomic E-state index is 0. The van der Waals surface area contributed by atoms with Crippen molar-refractivity contribution in [3.8, 4) is 16.9 Å². The lowest BCUT2D eigenvalue weighted by Gasteiger charge is -2.14. The molecule has 0 radical (unpaired) electrons. The molecule has 0 atom stereocenters. The fourth-order valence-electron chi connectivity index (χ4n) is 3.85. The van der Waals surface area contributed by atoms with E-state index in [4.69, 9.17) is 0 Å². The molecule has 0 unspecified atom stereocenters. The Kier molecular flexibility index (Phi) is 6.72. The predicted octanol–water partition coefficient (Wildman–Crippen LogP) is 4.44. The summed E-state index contributed by atoms with van der Waals surface area (Å²) in [6, 6.07) is 18.0. The van der Waals surface area contributed by atoms with Gasteiger partial charge in [-0.05, 0) is 60.4 Å². The molecule has 0 spiro atoms. The number of fused-ring (bicyclic) bond motifs is 1. The lowest BCUT2D eigenvalue weighted by atomic mass is 9.95. The molecule has 0 saturated heterocycles. The number of aromatic hydroxyl groups is 1. The van der Waals surface area contributed by atoms with Gasteiger partial charge in [-0.25, -0.2) is 0 Å². The Morgan fingerprint density at radius 2 is 1.71 bits per heavy atom. The van der Waals surface area contributed by atoms with Crippen LogP contribution in [0.2, 0.25) is 0 Å². The van der Waals surface area contributed by atoms with Crippen LogP contribution in [0.4, 0.5) is 11.4 Å². The first-order valence-electron chi connectivity index (χ1n) is 10.2. The molecular formula is C25H26N2O4. The number of carbonyl (C=O) groups excluding carboxylic acids is 2. The number of anilines is 2. The first-order valence-corrected chi connectivity index (χ1v) is 10.2. The van der Waals surface area contributed by atoms with Crippen molar-refractivity contribution < 1.29 is 20.2 Å². The Labute approximate surface area is 181 Å². The second kappa shape index (κ2) is 9.45. The summed E-state index contributed by atoms with van der Waals surface area (Å²) in [6.07, 6.45) is 2.03. The maximum absolute atomic E-state index is 12.8. The molecule has 0 aromatic heterocycles. The fourth-order valence-corrected chi connectivity index (χ4v) is 3.85. The lowest BCUT2D eigenvalue weighted by Crippen LogP contribution is -2.14. The van der Waals surface area contributed by atoms with E-state index in [0.717, 1.165) is 29.8 Å². The molecule has 5 N–H and O–H groups in total. The molecule has 1 aliphatic rings. The molecule has 0 aliphatic heterocycles. The van der Waals surface area contributed by atoms with Crippen LogP contribution in [0.3, 0.4) is 0 Å². The summed E-state index contributed by atoms with van der Waals surface area (Å²) >= 11 is 0. The number of phenols is 1. The second-order valence-electron chi connectivity index (χ2n) is 7.41. The van der Waals surface area contributed by atoms with E-state index in [-0.39, 0.29) is 22.9 Å². The molecule has 0 heterocycles. The van der Waals surface area contributed by atoms with Crippen molar-refractivity contribution in [3.05, 3.63) is 77.4 Å². The van der Waals surface area contributed by atoms with Crippen LogP contribution in [0.5, 0.6) is 5.75 Å². The molecule has 6 nitrogen and oxygen atoms in total. The number of para-hydroxylation sites is 1. The quantitative estimate of drug-likeness (QED) is 0.550. The van der Waals surface area contributed by atoms with Gasteiger partial charge in [-0.1, -0.05) is 31.2 Å². The van der Waals surface area contributed by atoms with Crippen LogP contribution in [0.1, 0.15) is 46.0 Å². The molecule has 3 aromatic carbocycles. The number of rotatable bonds is 6. The Morgan fingerprint density at radius 1 is 0.968 bits per heavy atom. The standard InChI is InChI=1S/C25H24N2O3.H2O/c1-2-15-26-17-9-7-16(8-10-17)25(30)27-21-13-11-18(19-5-3-4-6-22(19)28)20-12-14-23(29)24(20)21;/h3-11,13,26,28H,2,12,14-15H2,1H3,(H,27,30);1H2. The first-order chi connectivity index (χ1) is 14.6. The van der Waals surface area contributed by atoms with Gasteiger partial charge in [0.1, 0.15) is 5.75 Å². The smallest absolute Gasteiger partial charge is 0.255 e. The van der Waals surface area contributed by atoms with Gasteiger partial charge in [0.2, 0.25) is 0 Å². The normalized spacial score (nSPS) is 12.1. The molecule has 6 heteroatoms. The number of Topliss-reactive ketones (excluding diaryl/α,β-unsaturated/α-hetero) is 1. The molecule has 160 valence electrons. The highest BCUT2D eigenvalue weighted by molar-refractivity contribution is 6.12. The molecule has 0 fully saturated rings. The number of nitrogens with one attached hydrogen (secondary N) is 2. The van der Waals surface area contributed by atoms with Gasteiger partial charge in [-0.3, -0.25) is 9.59 Å². The van der Waals surface area contributed by atoms with Crippen molar-refractivity contribution in [2.24, 2.45) is 0 Å². The largest absolute Gasteiger partial charge is 0.507 e. The third-order valence-electron chi connectivity index (χ3n) is 5.36. The summed E-state index contributed by atoms with van der Waals surface area (Å²) in [5.74, 6) is -0.0708. The van der Waals surface area contributed by atoms with E-state index < -0.39 is 0 Å². The van der Waals surface area contributed by atoms with E-state index in [1.165, 1.54) is 0 Å². The Hall–Kier alpha value is -3.64. The maximum atomic E-state index is 12.8. The molecule has 3 aromatic rings. The number of benzene rings is 3. The summed E-state index contributed by atoms with van der Waals surface area (Å²) in [5, 5.41) is 16.4. The molecule has 1 aliphatic carbocycles. The summed E-state index contributed by atoms with van der Waals surface area (Å²) in [5.41, 5.74) is 4.96. The van der Waals surface area contributed by atoms with Gasteiger partial charge in [-0.2, -0.15) is 0 Å².